The van der Waals surface area contributed by atoms with Gasteiger partial charge < -0.3 is 10.6 Å². The lowest BCUT2D eigenvalue weighted by atomic mass is 9.89. The average molecular weight is 319 g/mol. The van der Waals surface area contributed by atoms with Gasteiger partial charge in [0.2, 0.25) is 5.91 Å². The van der Waals surface area contributed by atoms with E-state index in [-0.39, 0.29) is 5.91 Å². The summed E-state index contributed by atoms with van der Waals surface area (Å²) in [7, 11) is 0. The summed E-state index contributed by atoms with van der Waals surface area (Å²) in [6.45, 7) is 6.37. The van der Waals surface area contributed by atoms with Gasteiger partial charge in [-0.05, 0) is 25.7 Å². The topological polar surface area (TPSA) is 62.2 Å². The quantitative estimate of drug-likeness (QED) is 0.867. The Labute approximate surface area is 138 Å². The minimum absolute atomic E-state index is 0.0594. The molecular weight excluding hydrogens is 290 g/mol. The van der Waals surface area contributed by atoms with Crippen LogP contribution in [0.4, 0.5) is 5.82 Å². The summed E-state index contributed by atoms with van der Waals surface area (Å²) in [6.07, 6.45) is 8.37. The van der Waals surface area contributed by atoms with Crippen LogP contribution in [-0.2, 0) is 11.3 Å². The first-order chi connectivity index (χ1) is 11.2. The first kappa shape index (κ1) is 16.5. The molecule has 128 valence electrons. The second-order valence-electron chi connectivity index (χ2n) is 6.97. The SMILES string of the molecule is C[C@H]1CNCCN1CC(=O)Nc1ccnn1CC1CCCCC1. The number of amides is 1. The Morgan fingerprint density at radius 1 is 1.39 bits per heavy atom. The number of aromatic nitrogens is 2. The largest absolute Gasteiger partial charge is 0.314 e. The molecule has 1 aliphatic heterocycles. The number of carbonyl (C=O) groups is 1. The Morgan fingerprint density at radius 3 is 3.00 bits per heavy atom. The van der Waals surface area contributed by atoms with Gasteiger partial charge in [-0.25, -0.2) is 4.68 Å². The maximum absolute atomic E-state index is 12.4. The molecule has 23 heavy (non-hydrogen) atoms. The summed E-state index contributed by atoms with van der Waals surface area (Å²) in [5.74, 6) is 1.60. The molecule has 0 spiro atoms. The minimum Gasteiger partial charge on any atom is -0.314 e. The van der Waals surface area contributed by atoms with Crippen molar-refractivity contribution in [1.82, 2.24) is 20.0 Å². The van der Waals surface area contributed by atoms with Crippen LogP contribution in [0.15, 0.2) is 12.3 Å². The van der Waals surface area contributed by atoms with Crippen molar-refractivity contribution in [3.05, 3.63) is 12.3 Å². The van der Waals surface area contributed by atoms with Crippen LogP contribution in [0.2, 0.25) is 0 Å². The first-order valence-corrected chi connectivity index (χ1v) is 8.99. The summed E-state index contributed by atoms with van der Waals surface area (Å²) in [6, 6.07) is 2.31. The summed E-state index contributed by atoms with van der Waals surface area (Å²) in [4.78, 5) is 14.6. The average Bonchev–Trinajstić information content (AvgIpc) is 2.97. The van der Waals surface area contributed by atoms with E-state index < -0.39 is 0 Å². The smallest absolute Gasteiger partial charge is 0.239 e. The van der Waals surface area contributed by atoms with Gasteiger partial charge in [-0.15, -0.1) is 0 Å². The number of piperazine rings is 1. The van der Waals surface area contributed by atoms with E-state index in [4.69, 9.17) is 0 Å². The van der Waals surface area contributed by atoms with Crippen molar-refractivity contribution in [3.8, 4) is 0 Å². The van der Waals surface area contributed by atoms with Crippen molar-refractivity contribution in [2.45, 2.75) is 51.6 Å². The lowest BCUT2D eigenvalue weighted by Gasteiger charge is -2.33. The highest BCUT2D eigenvalue weighted by molar-refractivity contribution is 5.91. The fraction of sp³-hybridized carbons (Fsp3) is 0.765. The maximum Gasteiger partial charge on any atom is 0.239 e. The second kappa shape index (κ2) is 7.93. The van der Waals surface area contributed by atoms with Crippen molar-refractivity contribution >= 4 is 11.7 Å². The number of nitrogens with one attached hydrogen (secondary N) is 2. The molecule has 1 atom stereocenters. The number of anilines is 1. The van der Waals surface area contributed by atoms with Gasteiger partial charge in [0.1, 0.15) is 5.82 Å². The van der Waals surface area contributed by atoms with E-state index in [1.807, 2.05) is 10.7 Å². The van der Waals surface area contributed by atoms with Gasteiger partial charge in [0.15, 0.2) is 0 Å². The molecule has 1 aromatic heterocycles. The predicted molar refractivity (Wildman–Crippen MR) is 91.3 cm³/mol. The van der Waals surface area contributed by atoms with Gasteiger partial charge in [-0.2, -0.15) is 5.10 Å². The summed E-state index contributed by atoms with van der Waals surface area (Å²) < 4.78 is 1.97. The molecule has 2 heterocycles. The third-order valence-corrected chi connectivity index (χ3v) is 5.13. The van der Waals surface area contributed by atoms with Gasteiger partial charge in [0.25, 0.3) is 0 Å². The van der Waals surface area contributed by atoms with Crippen LogP contribution < -0.4 is 10.6 Å². The van der Waals surface area contributed by atoms with Crippen LogP contribution in [0.1, 0.15) is 39.0 Å². The molecule has 1 aromatic rings. The lowest BCUT2D eigenvalue weighted by Crippen LogP contribution is -2.52. The first-order valence-electron chi connectivity index (χ1n) is 8.99. The Morgan fingerprint density at radius 2 is 2.22 bits per heavy atom. The van der Waals surface area contributed by atoms with Crippen molar-refractivity contribution in [2.75, 3.05) is 31.5 Å². The fourth-order valence-corrected chi connectivity index (χ4v) is 3.68. The molecule has 1 saturated heterocycles. The van der Waals surface area contributed by atoms with Crippen LogP contribution in [-0.4, -0.2) is 52.8 Å². The van der Waals surface area contributed by atoms with Crippen molar-refractivity contribution in [1.29, 1.82) is 0 Å². The number of nitrogens with zero attached hydrogens (tertiary/aromatic N) is 3. The molecule has 6 nitrogen and oxygen atoms in total. The molecule has 0 aromatic carbocycles. The molecular formula is C17H29N5O. The lowest BCUT2D eigenvalue weighted by molar-refractivity contribution is -0.118. The zero-order valence-electron chi connectivity index (χ0n) is 14.1. The molecule has 0 bridgehead atoms. The van der Waals surface area contributed by atoms with E-state index in [9.17, 15) is 4.79 Å². The van der Waals surface area contributed by atoms with E-state index in [0.29, 0.717) is 18.5 Å². The number of rotatable bonds is 5. The minimum atomic E-state index is 0.0594. The molecule has 2 fully saturated rings. The normalized spacial score (nSPS) is 23.8. The highest BCUT2D eigenvalue weighted by Gasteiger charge is 2.21. The third-order valence-electron chi connectivity index (χ3n) is 5.13. The summed E-state index contributed by atoms with van der Waals surface area (Å²) in [5, 5.41) is 10.8. The highest BCUT2D eigenvalue weighted by Crippen LogP contribution is 2.25. The molecule has 1 amide bonds. The molecule has 2 aliphatic rings. The summed E-state index contributed by atoms with van der Waals surface area (Å²) in [5.41, 5.74) is 0. The van der Waals surface area contributed by atoms with E-state index in [1.165, 1.54) is 32.1 Å². The Bertz CT molecular complexity index is 509. The fourth-order valence-electron chi connectivity index (χ4n) is 3.68. The number of hydrogen-bond acceptors (Lipinski definition) is 4. The van der Waals surface area contributed by atoms with Gasteiger partial charge in [0, 0.05) is 38.3 Å². The molecule has 1 saturated carbocycles. The van der Waals surface area contributed by atoms with Crippen molar-refractivity contribution in [2.24, 2.45) is 5.92 Å². The van der Waals surface area contributed by atoms with Crippen LogP contribution in [0.5, 0.6) is 0 Å². The molecule has 1 aliphatic carbocycles. The monoisotopic (exact) mass is 319 g/mol. The van der Waals surface area contributed by atoms with E-state index in [2.05, 4.69) is 27.6 Å². The van der Waals surface area contributed by atoms with Gasteiger partial charge in [-0.1, -0.05) is 19.3 Å². The van der Waals surface area contributed by atoms with Crippen LogP contribution in [0.25, 0.3) is 0 Å². The number of hydrogen-bond donors (Lipinski definition) is 2. The van der Waals surface area contributed by atoms with E-state index >= 15 is 0 Å². The van der Waals surface area contributed by atoms with Gasteiger partial charge >= 0.3 is 0 Å². The van der Waals surface area contributed by atoms with E-state index in [1.54, 1.807) is 6.20 Å². The molecule has 3 rings (SSSR count). The van der Waals surface area contributed by atoms with E-state index in [0.717, 1.165) is 32.0 Å². The van der Waals surface area contributed by atoms with Crippen molar-refractivity contribution in [3.63, 3.8) is 0 Å². The standard InChI is InChI=1S/C17H29N5O/c1-14-11-18-9-10-21(14)13-17(23)20-16-7-8-19-22(16)12-15-5-3-2-4-6-15/h7-8,14-15,18H,2-6,9-13H2,1H3,(H,20,23)/t14-/m0/s1. The van der Waals surface area contributed by atoms with Gasteiger partial charge in [-0.3, -0.25) is 9.69 Å². The third kappa shape index (κ3) is 4.54. The Kier molecular flexibility index (Phi) is 5.67. The Balaban J connectivity index is 1.53. The van der Waals surface area contributed by atoms with Crippen LogP contribution in [0, 0.1) is 5.92 Å². The Hall–Kier alpha value is -1.40. The molecule has 2 N–H and O–H groups in total. The molecule has 0 radical (unpaired) electrons. The predicted octanol–water partition coefficient (Wildman–Crippen LogP) is 1.70. The molecule has 6 heteroatoms. The zero-order chi connectivity index (χ0) is 16.1. The highest BCUT2D eigenvalue weighted by atomic mass is 16.2. The van der Waals surface area contributed by atoms with Crippen LogP contribution >= 0.6 is 0 Å². The van der Waals surface area contributed by atoms with Crippen LogP contribution in [0.3, 0.4) is 0 Å². The summed E-state index contributed by atoms with van der Waals surface area (Å²) >= 11 is 0. The van der Waals surface area contributed by atoms with Gasteiger partial charge in [0.05, 0.1) is 12.7 Å². The molecule has 0 unspecified atom stereocenters. The maximum atomic E-state index is 12.4. The van der Waals surface area contributed by atoms with Crippen molar-refractivity contribution < 1.29 is 4.79 Å². The second-order valence-corrected chi connectivity index (χ2v) is 6.97. The number of carbonyl (C=O) groups excluding carboxylic acids is 1. The zero-order valence-corrected chi connectivity index (χ0v) is 14.1.